The molecular formula is C10H12F2O3. The predicted molar refractivity (Wildman–Crippen MR) is 49.8 cm³/mol. The summed E-state index contributed by atoms with van der Waals surface area (Å²) in [6.45, 7) is 2.48. The molecule has 0 amide bonds. The van der Waals surface area contributed by atoms with E-state index in [4.69, 9.17) is 0 Å². The second kappa shape index (κ2) is 3.66. The Morgan fingerprint density at radius 3 is 2.27 bits per heavy atom. The van der Waals surface area contributed by atoms with Crippen LogP contribution >= 0.6 is 0 Å². The molecule has 84 valence electrons. The zero-order valence-corrected chi connectivity index (χ0v) is 8.64. The van der Waals surface area contributed by atoms with Crippen LogP contribution in [0.15, 0.2) is 6.07 Å². The van der Waals surface area contributed by atoms with E-state index in [0.717, 1.165) is 6.07 Å². The molecule has 1 rings (SSSR count). The van der Waals surface area contributed by atoms with Crippen molar-refractivity contribution in [2.45, 2.75) is 19.4 Å². The van der Waals surface area contributed by atoms with Gasteiger partial charge in [-0.25, -0.2) is 8.78 Å². The van der Waals surface area contributed by atoms with E-state index < -0.39 is 28.5 Å². The van der Waals surface area contributed by atoms with Crippen LogP contribution in [0.2, 0.25) is 0 Å². The fourth-order valence-corrected chi connectivity index (χ4v) is 1.31. The highest BCUT2D eigenvalue weighted by Gasteiger charge is 2.29. The van der Waals surface area contributed by atoms with E-state index >= 15 is 0 Å². The van der Waals surface area contributed by atoms with Crippen molar-refractivity contribution in [2.24, 2.45) is 0 Å². The maximum atomic E-state index is 13.3. The maximum absolute atomic E-state index is 13.3. The minimum absolute atomic E-state index is 0.217. The standard InChI is InChI=1S/C10H12F2O3/c1-10(2,14)7-8(12)5(11)4-6(15-3)9(7)13/h4,13-14H,1-3H3. The largest absolute Gasteiger partial charge is 0.504 e. The molecule has 0 radical (unpaired) electrons. The first-order chi connectivity index (χ1) is 6.79. The second-order valence-corrected chi connectivity index (χ2v) is 3.66. The Morgan fingerprint density at radius 1 is 1.33 bits per heavy atom. The van der Waals surface area contributed by atoms with Crippen molar-refractivity contribution in [3.05, 3.63) is 23.3 Å². The molecule has 0 aliphatic carbocycles. The summed E-state index contributed by atoms with van der Waals surface area (Å²) in [7, 11) is 1.21. The lowest BCUT2D eigenvalue weighted by molar-refractivity contribution is 0.0701. The number of benzene rings is 1. The zero-order valence-electron chi connectivity index (χ0n) is 8.64. The van der Waals surface area contributed by atoms with Gasteiger partial charge in [0.05, 0.1) is 18.3 Å². The second-order valence-electron chi connectivity index (χ2n) is 3.66. The van der Waals surface area contributed by atoms with Crippen LogP contribution in [0.5, 0.6) is 11.5 Å². The molecule has 0 aromatic heterocycles. The molecule has 0 heterocycles. The van der Waals surface area contributed by atoms with Crippen LogP contribution in [-0.2, 0) is 5.60 Å². The molecular weight excluding hydrogens is 206 g/mol. The molecule has 1 aromatic carbocycles. The van der Waals surface area contributed by atoms with Crippen LogP contribution in [0.3, 0.4) is 0 Å². The van der Waals surface area contributed by atoms with E-state index in [-0.39, 0.29) is 5.75 Å². The van der Waals surface area contributed by atoms with E-state index in [1.54, 1.807) is 0 Å². The number of ether oxygens (including phenoxy) is 1. The monoisotopic (exact) mass is 218 g/mol. The number of methoxy groups -OCH3 is 1. The van der Waals surface area contributed by atoms with Gasteiger partial charge < -0.3 is 14.9 Å². The maximum Gasteiger partial charge on any atom is 0.168 e. The summed E-state index contributed by atoms with van der Waals surface area (Å²) in [5.41, 5.74) is -2.21. The highest BCUT2D eigenvalue weighted by atomic mass is 19.2. The first-order valence-corrected chi connectivity index (χ1v) is 4.26. The highest BCUT2D eigenvalue weighted by molar-refractivity contribution is 5.49. The summed E-state index contributed by atoms with van der Waals surface area (Å²) < 4.78 is 31.0. The zero-order chi connectivity index (χ0) is 11.8. The molecule has 0 spiro atoms. The van der Waals surface area contributed by atoms with Gasteiger partial charge in [-0.3, -0.25) is 0 Å². The lowest BCUT2D eigenvalue weighted by Crippen LogP contribution is -2.19. The molecule has 0 saturated heterocycles. The molecule has 0 fully saturated rings. The molecule has 0 unspecified atom stereocenters. The van der Waals surface area contributed by atoms with Crippen molar-refractivity contribution in [3.63, 3.8) is 0 Å². The molecule has 0 aliphatic heterocycles. The van der Waals surface area contributed by atoms with Gasteiger partial charge in [-0.1, -0.05) is 0 Å². The normalized spacial score (nSPS) is 11.6. The summed E-state index contributed by atoms with van der Waals surface area (Å²) in [6, 6.07) is 0.722. The van der Waals surface area contributed by atoms with Crippen molar-refractivity contribution in [2.75, 3.05) is 7.11 Å². The number of aliphatic hydroxyl groups is 1. The van der Waals surface area contributed by atoms with Gasteiger partial charge in [0.25, 0.3) is 0 Å². The Balaban J connectivity index is 3.55. The molecule has 5 heteroatoms. The van der Waals surface area contributed by atoms with Crippen molar-refractivity contribution < 1.29 is 23.7 Å². The Hall–Kier alpha value is -1.36. The summed E-state index contributed by atoms with van der Waals surface area (Å²) in [5, 5.41) is 19.1. The van der Waals surface area contributed by atoms with Crippen molar-refractivity contribution in [1.29, 1.82) is 0 Å². The summed E-state index contributed by atoms with van der Waals surface area (Å²) in [4.78, 5) is 0. The quantitative estimate of drug-likeness (QED) is 0.797. The van der Waals surface area contributed by atoms with Crippen LogP contribution < -0.4 is 4.74 Å². The van der Waals surface area contributed by atoms with Crippen LogP contribution in [0.1, 0.15) is 19.4 Å². The predicted octanol–water partition coefficient (Wildman–Crippen LogP) is 1.91. The van der Waals surface area contributed by atoms with Gasteiger partial charge in [0, 0.05) is 6.07 Å². The number of hydrogen-bond acceptors (Lipinski definition) is 3. The summed E-state index contributed by atoms with van der Waals surface area (Å²) >= 11 is 0. The highest BCUT2D eigenvalue weighted by Crippen LogP contribution is 2.39. The minimum atomic E-state index is -1.69. The van der Waals surface area contributed by atoms with Gasteiger partial charge in [-0.15, -0.1) is 0 Å². The van der Waals surface area contributed by atoms with E-state index in [2.05, 4.69) is 4.74 Å². The first kappa shape index (κ1) is 11.7. The van der Waals surface area contributed by atoms with E-state index in [0.29, 0.717) is 0 Å². The Bertz CT molecular complexity index is 383. The Kier molecular flexibility index (Phi) is 2.86. The van der Waals surface area contributed by atoms with Crippen molar-refractivity contribution >= 4 is 0 Å². The molecule has 1 aromatic rings. The van der Waals surface area contributed by atoms with E-state index in [9.17, 15) is 19.0 Å². The van der Waals surface area contributed by atoms with Gasteiger partial charge in [-0.2, -0.15) is 0 Å². The Labute approximate surface area is 85.9 Å². The van der Waals surface area contributed by atoms with Gasteiger partial charge in [-0.05, 0) is 13.8 Å². The average Bonchev–Trinajstić information content (AvgIpc) is 2.09. The third-order valence-electron chi connectivity index (χ3n) is 1.99. The molecule has 2 N–H and O–H groups in total. The SMILES string of the molecule is COc1cc(F)c(F)c(C(C)(C)O)c1O. The topological polar surface area (TPSA) is 49.7 Å². The fraction of sp³-hybridized carbons (Fsp3) is 0.400. The number of halogens is 2. The molecule has 0 saturated carbocycles. The first-order valence-electron chi connectivity index (χ1n) is 4.26. The average molecular weight is 218 g/mol. The number of rotatable bonds is 2. The van der Waals surface area contributed by atoms with Gasteiger partial charge in [0.15, 0.2) is 23.1 Å². The summed E-state index contributed by atoms with van der Waals surface area (Å²) in [5.74, 6) is -3.27. The van der Waals surface area contributed by atoms with Gasteiger partial charge >= 0.3 is 0 Å². The lowest BCUT2D eigenvalue weighted by Gasteiger charge is -2.21. The smallest absolute Gasteiger partial charge is 0.168 e. The number of aromatic hydroxyl groups is 1. The van der Waals surface area contributed by atoms with Crippen molar-refractivity contribution in [3.8, 4) is 11.5 Å². The molecule has 3 nitrogen and oxygen atoms in total. The lowest BCUT2D eigenvalue weighted by atomic mass is 9.96. The van der Waals surface area contributed by atoms with Crippen LogP contribution in [0, 0.1) is 11.6 Å². The minimum Gasteiger partial charge on any atom is -0.504 e. The van der Waals surface area contributed by atoms with E-state index in [1.165, 1.54) is 21.0 Å². The fourth-order valence-electron chi connectivity index (χ4n) is 1.31. The van der Waals surface area contributed by atoms with Crippen LogP contribution in [0.25, 0.3) is 0 Å². The molecule has 0 bridgehead atoms. The summed E-state index contributed by atoms with van der Waals surface area (Å²) in [6.07, 6.45) is 0. The van der Waals surface area contributed by atoms with Crippen molar-refractivity contribution in [1.82, 2.24) is 0 Å². The molecule has 0 aliphatic rings. The number of phenolic OH excluding ortho intramolecular Hbond substituents is 1. The van der Waals surface area contributed by atoms with Gasteiger partial charge in [0.2, 0.25) is 0 Å². The van der Waals surface area contributed by atoms with Crippen LogP contribution in [-0.4, -0.2) is 17.3 Å². The van der Waals surface area contributed by atoms with Crippen LogP contribution in [0.4, 0.5) is 8.78 Å². The number of phenols is 1. The molecule has 0 atom stereocenters. The van der Waals surface area contributed by atoms with Gasteiger partial charge in [0.1, 0.15) is 0 Å². The third-order valence-corrected chi connectivity index (χ3v) is 1.99. The third kappa shape index (κ3) is 2.02. The van der Waals surface area contributed by atoms with E-state index in [1.807, 2.05) is 0 Å². The molecule has 15 heavy (non-hydrogen) atoms. The number of hydrogen-bond donors (Lipinski definition) is 2. The Morgan fingerprint density at radius 2 is 1.87 bits per heavy atom.